The maximum absolute atomic E-state index is 11.5. The summed E-state index contributed by atoms with van der Waals surface area (Å²) < 4.78 is 5.36. The maximum atomic E-state index is 11.5. The third-order valence-electron chi connectivity index (χ3n) is 2.90. The zero-order valence-corrected chi connectivity index (χ0v) is 12.5. The first kappa shape index (κ1) is 16.2. The summed E-state index contributed by atoms with van der Waals surface area (Å²) >= 11 is 0. The number of ketones is 1. The first-order valence-corrected chi connectivity index (χ1v) is 6.83. The van der Waals surface area contributed by atoms with Crippen LogP contribution in [0.1, 0.15) is 18.1 Å². The van der Waals surface area contributed by atoms with Crippen LogP contribution in [-0.2, 0) is 11.2 Å². The highest BCUT2D eigenvalue weighted by Crippen LogP contribution is 2.19. The SMILES string of the molecule is C/C=C\C=C/C(=O)CNCCc1ccc(C)cc1OC. The summed E-state index contributed by atoms with van der Waals surface area (Å²) in [4.78, 5) is 11.5. The Balaban J connectivity index is 2.36. The van der Waals surface area contributed by atoms with Gasteiger partial charge >= 0.3 is 0 Å². The molecule has 0 fully saturated rings. The molecule has 0 aromatic heterocycles. The zero-order valence-electron chi connectivity index (χ0n) is 12.5. The molecule has 0 saturated heterocycles. The van der Waals surface area contributed by atoms with Gasteiger partial charge in [-0.3, -0.25) is 4.79 Å². The lowest BCUT2D eigenvalue weighted by Crippen LogP contribution is -2.24. The molecule has 1 N–H and O–H groups in total. The van der Waals surface area contributed by atoms with Crippen molar-refractivity contribution in [2.24, 2.45) is 0 Å². The van der Waals surface area contributed by atoms with Gasteiger partial charge in [-0.2, -0.15) is 0 Å². The molecule has 1 rings (SSSR count). The predicted molar refractivity (Wildman–Crippen MR) is 83.3 cm³/mol. The Morgan fingerprint density at radius 1 is 1.35 bits per heavy atom. The van der Waals surface area contributed by atoms with Gasteiger partial charge in [0.05, 0.1) is 13.7 Å². The van der Waals surface area contributed by atoms with Crippen molar-refractivity contribution in [2.45, 2.75) is 20.3 Å². The van der Waals surface area contributed by atoms with Gasteiger partial charge in [0.2, 0.25) is 0 Å². The van der Waals surface area contributed by atoms with Crippen molar-refractivity contribution in [1.29, 1.82) is 0 Å². The van der Waals surface area contributed by atoms with Crippen LogP contribution in [0.3, 0.4) is 0 Å². The third-order valence-corrected chi connectivity index (χ3v) is 2.90. The molecular weight excluding hydrogens is 250 g/mol. The fourth-order valence-corrected chi connectivity index (χ4v) is 1.83. The number of hydrogen-bond acceptors (Lipinski definition) is 3. The van der Waals surface area contributed by atoms with Crippen molar-refractivity contribution in [1.82, 2.24) is 5.32 Å². The highest BCUT2D eigenvalue weighted by Gasteiger charge is 2.03. The van der Waals surface area contributed by atoms with E-state index in [1.54, 1.807) is 19.3 Å². The number of rotatable bonds is 8. The van der Waals surface area contributed by atoms with Crippen molar-refractivity contribution < 1.29 is 9.53 Å². The molecule has 1 aromatic rings. The number of aryl methyl sites for hydroxylation is 1. The van der Waals surface area contributed by atoms with Crippen LogP contribution in [0.2, 0.25) is 0 Å². The molecule has 0 heterocycles. The minimum absolute atomic E-state index is 0.0824. The Morgan fingerprint density at radius 3 is 2.85 bits per heavy atom. The largest absolute Gasteiger partial charge is 0.496 e. The maximum Gasteiger partial charge on any atom is 0.169 e. The van der Waals surface area contributed by atoms with Gasteiger partial charge in [0.25, 0.3) is 0 Å². The monoisotopic (exact) mass is 273 g/mol. The predicted octanol–water partition coefficient (Wildman–Crippen LogP) is 2.84. The fraction of sp³-hybridized carbons (Fsp3) is 0.353. The molecule has 0 unspecified atom stereocenters. The number of benzene rings is 1. The lowest BCUT2D eigenvalue weighted by Gasteiger charge is -2.09. The summed E-state index contributed by atoms with van der Waals surface area (Å²) in [6.45, 7) is 5.08. The van der Waals surface area contributed by atoms with Gasteiger partial charge < -0.3 is 10.1 Å². The quantitative estimate of drug-likeness (QED) is 0.450. The topological polar surface area (TPSA) is 38.3 Å². The van der Waals surface area contributed by atoms with Crippen LogP contribution < -0.4 is 10.1 Å². The fourth-order valence-electron chi connectivity index (χ4n) is 1.83. The van der Waals surface area contributed by atoms with Crippen molar-refractivity contribution in [2.75, 3.05) is 20.2 Å². The van der Waals surface area contributed by atoms with Gasteiger partial charge in [-0.1, -0.05) is 30.4 Å². The number of nitrogens with one attached hydrogen (secondary N) is 1. The van der Waals surface area contributed by atoms with E-state index in [2.05, 4.69) is 17.4 Å². The second kappa shape index (κ2) is 9.10. The summed E-state index contributed by atoms with van der Waals surface area (Å²) in [5.41, 5.74) is 2.34. The summed E-state index contributed by atoms with van der Waals surface area (Å²) in [5.74, 6) is 0.991. The van der Waals surface area contributed by atoms with E-state index >= 15 is 0 Å². The molecular formula is C17H23NO2. The summed E-state index contributed by atoms with van der Waals surface area (Å²) in [5, 5.41) is 3.15. The molecule has 0 aliphatic rings. The Morgan fingerprint density at radius 2 is 2.15 bits per heavy atom. The van der Waals surface area contributed by atoms with E-state index in [9.17, 15) is 4.79 Å². The number of allylic oxidation sites excluding steroid dienone is 3. The summed E-state index contributed by atoms with van der Waals surface area (Å²) in [7, 11) is 1.68. The van der Waals surface area contributed by atoms with E-state index in [4.69, 9.17) is 4.74 Å². The van der Waals surface area contributed by atoms with Gasteiger partial charge in [-0.25, -0.2) is 0 Å². The molecule has 0 saturated carbocycles. The minimum atomic E-state index is 0.0824. The number of hydrogen-bond donors (Lipinski definition) is 1. The molecule has 1 aromatic carbocycles. The molecule has 0 aliphatic carbocycles. The second-order valence-electron chi connectivity index (χ2n) is 4.59. The molecule has 0 aliphatic heterocycles. The van der Waals surface area contributed by atoms with Crippen LogP contribution >= 0.6 is 0 Å². The van der Waals surface area contributed by atoms with E-state index in [1.807, 2.05) is 32.1 Å². The van der Waals surface area contributed by atoms with Gasteiger partial charge in [-0.05, 0) is 50.1 Å². The molecule has 0 bridgehead atoms. The molecule has 0 radical (unpaired) electrons. The molecule has 3 nitrogen and oxygen atoms in total. The summed E-state index contributed by atoms with van der Waals surface area (Å²) in [6.07, 6.45) is 7.91. The Bertz CT molecular complexity index is 490. The Hall–Kier alpha value is -1.87. The van der Waals surface area contributed by atoms with E-state index < -0.39 is 0 Å². The zero-order chi connectivity index (χ0) is 14.8. The molecule has 3 heteroatoms. The Kier molecular flexibility index (Phi) is 7.36. The molecule has 0 spiro atoms. The van der Waals surface area contributed by atoms with Crippen molar-refractivity contribution in [3.63, 3.8) is 0 Å². The van der Waals surface area contributed by atoms with Crippen molar-refractivity contribution in [3.05, 3.63) is 53.6 Å². The average molecular weight is 273 g/mol. The standard InChI is InChI=1S/C17H23NO2/c1-4-5-6-7-16(19)13-18-11-10-15-9-8-14(2)12-17(15)20-3/h4-9,12,18H,10-11,13H2,1-3H3/b5-4-,7-6-. The molecule has 0 amide bonds. The second-order valence-corrected chi connectivity index (χ2v) is 4.59. The van der Waals surface area contributed by atoms with Crippen LogP contribution in [-0.4, -0.2) is 26.0 Å². The average Bonchev–Trinajstić information content (AvgIpc) is 2.45. The van der Waals surface area contributed by atoms with E-state index in [0.29, 0.717) is 6.54 Å². The molecule has 20 heavy (non-hydrogen) atoms. The van der Waals surface area contributed by atoms with Gasteiger partial charge in [0, 0.05) is 0 Å². The highest BCUT2D eigenvalue weighted by atomic mass is 16.5. The lowest BCUT2D eigenvalue weighted by molar-refractivity contribution is -0.113. The van der Waals surface area contributed by atoms with E-state index in [1.165, 1.54) is 5.56 Å². The highest BCUT2D eigenvalue weighted by molar-refractivity contribution is 5.91. The normalized spacial score (nSPS) is 11.3. The van der Waals surface area contributed by atoms with E-state index in [0.717, 1.165) is 24.3 Å². The number of carbonyl (C=O) groups excluding carboxylic acids is 1. The number of methoxy groups -OCH3 is 1. The van der Waals surface area contributed by atoms with E-state index in [-0.39, 0.29) is 5.78 Å². The van der Waals surface area contributed by atoms with Crippen LogP contribution in [0.5, 0.6) is 5.75 Å². The number of ether oxygens (including phenoxy) is 1. The van der Waals surface area contributed by atoms with Crippen molar-refractivity contribution in [3.8, 4) is 5.75 Å². The third kappa shape index (κ3) is 5.85. The Labute approximate surface area is 121 Å². The van der Waals surface area contributed by atoms with Crippen LogP contribution in [0.4, 0.5) is 0 Å². The summed E-state index contributed by atoms with van der Waals surface area (Å²) in [6, 6.07) is 6.17. The van der Waals surface area contributed by atoms with Crippen LogP contribution in [0.15, 0.2) is 42.5 Å². The first-order valence-electron chi connectivity index (χ1n) is 6.83. The van der Waals surface area contributed by atoms with Crippen molar-refractivity contribution >= 4 is 5.78 Å². The van der Waals surface area contributed by atoms with Gasteiger partial charge in [-0.15, -0.1) is 0 Å². The van der Waals surface area contributed by atoms with Gasteiger partial charge in [0.15, 0.2) is 5.78 Å². The number of carbonyl (C=O) groups is 1. The minimum Gasteiger partial charge on any atom is -0.496 e. The molecule has 108 valence electrons. The van der Waals surface area contributed by atoms with Gasteiger partial charge in [0.1, 0.15) is 5.75 Å². The van der Waals surface area contributed by atoms with Crippen LogP contribution in [0.25, 0.3) is 0 Å². The smallest absolute Gasteiger partial charge is 0.169 e. The molecule has 0 atom stereocenters. The van der Waals surface area contributed by atoms with Crippen LogP contribution in [0, 0.1) is 6.92 Å². The first-order chi connectivity index (χ1) is 9.67. The lowest BCUT2D eigenvalue weighted by atomic mass is 10.1.